The Kier molecular flexibility index (Phi) is 5.65. The van der Waals surface area contributed by atoms with Crippen molar-refractivity contribution in [1.82, 2.24) is 14.9 Å². The normalized spacial score (nSPS) is 17.3. The Morgan fingerprint density at radius 1 is 1.46 bits per heavy atom. The van der Waals surface area contributed by atoms with E-state index >= 15 is 0 Å². The standard InChI is InChI=1S/C18H23N5O3/c1-23(2)6-3-4-17(24)22-15-8-13-14(20-11-21-18(13)19)9-16(15)26-12-5-7-25-10-12/h3-4,8-9,11-12H,5-7,10H2,1-2H3,(H,22,24)(H2,19,20,21)/t12-/m0/s1. The van der Waals surface area contributed by atoms with Crippen molar-refractivity contribution < 1.29 is 14.3 Å². The van der Waals surface area contributed by atoms with Gasteiger partial charge in [-0.3, -0.25) is 4.79 Å². The predicted molar refractivity (Wildman–Crippen MR) is 100 cm³/mol. The summed E-state index contributed by atoms with van der Waals surface area (Å²) in [5.41, 5.74) is 7.13. The van der Waals surface area contributed by atoms with Crippen molar-refractivity contribution >= 4 is 28.3 Å². The molecule has 2 heterocycles. The molecule has 26 heavy (non-hydrogen) atoms. The lowest BCUT2D eigenvalue weighted by molar-refractivity contribution is -0.111. The van der Waals surface area contributed by atoms with Crippen molar-refractivity contribution in [2.75, 3.05) is 44.9 Å². The van der Waals surface area contributed by atoms with Gasteiger partial charge in [0, 0.05) is 30.5 Å². The number of hydrogen-bond donors (Lipinski definition) is 2. The van der Waals surface area contributed by atoms with Crippen LogP contribution in [-0.2, 0) is 9.53 Å². The maximum Gasteiger partial charge on any atom is 0.248 e. The third-order valence-electron chi connectivity index (χ3n) is 3.95. The van der Waals surface area contributed by atoms with E-state index in [1.165, 1.54) is 12.4 Å². The summed E-state index contributed by atoms with van der Waals surface area (Å²) in [6, 6.07) is 3.51. The first-order valence-electron chi connectivity index (χ1n) is 8.44. The maximum atomic E-state index is 12.2. The lowest BCUT2D eigenvalue weighted by Crippen LogP contribution is -2.18. The second-order valence-electron chi connectivity index (χ2n) is 6.38. The molecule has 1 atom stereocenters. The number of nitrogen functional groups attached to an aromatic ring is 1. The third kappa shape index (κ3) is 4.47. The summed E-state index contributed by atoms with van der Waals surface area (Å²) in [5.74, 6) is 0.652. The lowest BCUT2D eigenvalue weighted by Gasteiger charge is -2.17. The molecule has 1 aliphatic rings. The van der Waals surface area contributed by atoms with Crippen LogP contribution in [0.25, 0.3) is 10.9 Å². The van der Waals surface area contributed by atoms with E-state index in [0.717, 1.165) is 6.42 Å². The van der Waals surface area contributed by atoms with Crippen molar-refractivity contribution in [3.05, 3.63) is 30.6 Å². The number of benzene rings is 1. The van der Waals surface area contributed by atoms with E-state index < -0.39 is 0 Å². The maximum absolute atomic E-state index is 12.2. The number of likely N-dealkylation sites (N-methyl/N-ethyl adjacent to an activating group) is 1. The third-order valence-corrected chi connectivity index (χ3v) is 3.95. The number of nitrogens with one attached hydrogen (secondary N) is 1. The Morgan fingerprint density at radius 3 is 3.04 bits per heavy atom. The molecule has 1 saturated heterocycles. The first-order chi connectivity index (χ1) is 12.5. The predicted octanol–water partition coefficient (Wildman–Crippen LogP) is 1.44. The van der Waals surface area contributed by atoms with Gasteiger partial charge in [0.05, 0.1) is 24.4 Å². The van der Waals surface area contributed by atoms with Crippen molar-refractivity contribution in [3.8, 4) is 5.75 Å². The van der Waals surface area contributed by atoms with Crippen molar-refractivity contribution in [1.29, 1.82) is 0 Å². The molecule has 0 radical (unpaired) electrons. The van der Waals surface area contributed by atoms with Crippen LogP contribution in [0.15, 0.2) is 30.6 Å². The van der Waals surface area contributed by atoms with Gasteiger partial charge in [0.25, 0.3) is 0 Å². The SMILES string of the molecule is CN(C)CC=CC(=O)Nc1cc2c(N)ncnc2cc1O[C@H]1CCOC1. The second kappa shape index (κ2) is 8.11. The number of hydrogen-bond acceptors (Lipinski definition) is 7. The molecule has 8 nitrogen and oxygen atoms in total. The summed E-state index contributed by atoms with van der Waals surface area (Å²) in [6.07, 6.45) is 5.45. The first-order valence-corrected chi connectivity index (χ1v) is 8.44. The number of nitrogens with zero attached hydrogens (tertiary/aromatic N) is 3. The summed E-state index contributed by atoms with van der Waals surface area (Å²) in [6.45, 7) is 1.87. The zero-order valence-corrected chi connectivity index (χ0v) is 14.9. The number of carbonyl (C=O) groups is 1. The van der Waals surface area contributed by atoms with E-state index in [0.29, 0.717) is 47.9 Å². The molecular weight excluding hydrogens is 334 g/mol. The number of carbonyl (C=O) groups excluding carboxylic acids is 1. The first kappa shape index (κ1) is 18.1. The molecule has 1 aromatic carbocycles. The minimum Gasteiger partial charge on any atom is -0.486 e. The minimum atomic E-state index is -0.242. The number of anilines is 2. The molecular formula is C18H23N5O3. The largest absolute Gasteiger partial charge is 0.486 e. The Morgan fingerprint density at radius 2 is 2.31 bits per heavy atom. The highest BCUT2D eigenvalue weighted by Gasteiger charge is 2.20. The highest BCUT2D eigenvalue weighted by atomic mass is 16.5. The molecule has 2 aromatic rings. The van der Waals surface area contributed by atoms with Gasteiger partial charge in [-0.15, -0.1) is 0 Å². The van der Waals surface area contributed by atoms with Crippen LogP contribution in [0.4, 0.5) is 11.5 Å². The van der Waals surface area contributed by atoms with Crippen molar-refractivity contribution in [2.24, 2.45) is 0 Å². The van der Waals surface area contributed by atoms with E-state index in [1.54, 1.807) is 18.2 Å². The molecule has 1 fully saturated rings. The van der Waals surface area contributed by atoms with Crippen LogP contribution in [0.5, 0.6) is 5.75 Å². The monoisotopic (exact) mass is 357 g/mol. The number of ether oxygens (including phenoxy) is 2. The number of rotatable bonds is 6. The van der Waals surface area contributed by atoms with E-state index in [9.17, 15) is 4.79 Å². The fraction of sp³-hybridized carbons (Fsp3) is 0.389. The summed E-state index contributed by atoms with van der Waals surface area (Å²) < 4.78 is 11.4. The quantitative estimate of drug-likeness (QED) is 0.754. The number of amides is 1. The second-order valence-corrected chi connectivity index (χ2v) is 6.38. The summed E-state index contributed by atoms with van der Waals surface area (Å²) in [4.78, 5) is 22.4. The number of fused-ring (bicyclic) bond motifs is 1. The van der Waals surface area contributed by atoms with E-state index in [2.05, 4.69) is 15.3 Å². The van der Waals surface area contributed by atoms with Gasteiger partial charge in [0.2, 0.25) is 5.91 Å². The molecule has 3 N–H and O–H groups in total. The number of aromatic nitrogens is 2. The molecule has 138 valence electrons. The minimum absolute atomic E-state index is 0.0495. The Bertz CT molecular complexity index is 816. The summed E-state index contributed by atoms with van der Waals surface area (Å²) in [5, 5.41) is 3.52. The average Bonchev–Trinajstić information content (AvgIpc) is 3.09. The molecule has 0 unspecified atom stereocenters. The smallest absolute Gasteiger partial charge is 0.248 e. The Hall–Kier alpha value is -2.71. The van der Waals surface area contributed by atoms with Gasteiger partial charge < -0.3 is 25.4 Å². The van der Waals surface area contributed by atoms with Gasteiger partial charge in [-0.1, -0.05) is 6.08 Å². The van der Waals surface area contributed by atoms with Gasteiger partial charge in [0.1, 0.15) is 24.0 Å². The molecule has 8 heteroatoms. The lowest BCUT2D eigenvalue weighted by atomic mass is 10.2. The van der Waals surface area contributed by atoms with Crippen LogP contribution in [0.2, 0.25) is 0 Å². The molecule has 0 spiro atoms. The molecule has 0 bridgehead atoms. The average molecular weight is 357 g/mol. The Labute approximate surface area is 152 Å². The van der Waals surface area contributed by atoms with Crippen LogP contribution in [0.3, 0.4) is 0 Å². The van der Waals surface area contributed by atoms with Crippen LogP contribution in [0.1, 0.15) is 6.42 Å². The molecule has 0 saturated carbocycles. The molecule has 1 aliphatic heterocycles. The summed E-state index contributed by atoms with van der Waals surface area (Å²) in [7, 11) is 3.87. The zero-order valence-electron chi connectivity index (χ0n) is 14.9. The fourth-order valence-electron chi connectivity index (χ4n) is 2.63. The van der Waals surface area contributed by atoms with Gasteiger partial charge in [0.15, 0.2) is 0 Å². The topological polar surface area (TPSA) is 103 Å². The molecule has 0 aliphatic carbocycles. The van der Waals surface area contributed by atoms with Gasteiger partial charge in [-0.2, -0.15) is 0 Å². The van der Waals surface area contributed by atoms with Crippen molar-refractivity contribution in [2.45, 2.75) is 12.5 Å². The molecule has 1 aromatic heterocycles. The van der Waals surface area contributed by atoms with Crippen LogP contribution >= 0.6 is 0 Å². The molecule has 1 amide bonds. The van der Waals surface area contributed by atoms with E-state index in [-0.39, 0.29) is 12.0 Å². The molecule has 3 rings (SSSR count). The van der Waals surface area contributed by atoms with E-state index in [4.69, 9.17) is 15.2 Å². The highest BCUT2D eigenvalue weighted by molar-refractivity contribution is 6.03. The highest BCUT2D eigenvalue weighted by Crippen LogP contribution is 2.33. The number of nitrogens with two attached hydrogens (primary N) is 1. The van der Waals surface area contributed by atoms with Gasteiger partial charge >= 0.3 is 0 Å². The van der Waals surface area contributed by atoms with E-state index in [1.807, 2.05) is 19.0 Å². The van der Waals surface area contributed by atoms with Crippen molar-refractivity contribution in [3.63, 3.8) is 0 Å². The van der Waals surface area contributed by atoms with Crippen LogP contribution in [-0.4, -0.2) is 60.7 Å². The van der Waals surface area contributed by atoms with Crippen LogP contribution in [0, 0.1) is 0 Å². The summed E-state index contributed by atoms with van der Waals surface area (Å²) >= 11 is 0. The van der Waals surface area contributed by atoms with Gasteiger partial charge in [-0.25, -0.2) is 9.97 Å². The van der Waals surface area contributed by atoms with Crippen LogP contribution < -0.4 is 15.8 Å². The Balaban J connectivity index is 1.88. The zero-order chi connectivity index (χ0) is 18.5. The van der Waals surface area contributed by atoms with Gasteiger partial charge in [-0.05, 0) is 20.2 Å². The fourth-order valence-corrected chi connectivity index (χ4v) is 2.63.